The maximum atomic E-state index is 13.2. The maximum absolute atomic E-state index is 13.2. The average molecular weight is 453 g/mol. The molecule has 0 bridgehead atoms. The first-order chi connectivity index (χ1) is 15.5. The Morgan fingerprint density at radius 1 is 1.00 bits per heavy atom. The minimum atomic E-state index is -0.00131. The molecule has 0 spiro atoms. The second kappa shape index (κ2) is 11.8. The smallest absolute Gasteiger partial charge is 0.266 e. The summed E-state index contributed by atoms with van der Waals surface area (Å²) < 4.78 is 11.6. The van der Waals surface area contributed by atoms with Crippen molar-refractivity contribution >= 4 is 34.6 Å². The lowest BCUT2D eigenvalue weighted by Crippen LogP contribution is -2.30. The summed E-state index contributed by atoms with van der Waals surface area (Å²) in [5.74, 6) is 1.42. The van der Waals surface area contributed by atoms with Gasteiger partial charge in [-0.3, -0.25) is 9.69 Å². The first kappa shape index (κ1) is 23.9. The zero-order valence-corrected chi connectivity index (χ0v) is 20.2. The second-order valence-corrected chi connectivity index (χ2v) is 8.65. The Morgan fingerprint density at radius 2 is 1.78 bits per heavy atom. The van der Waals surface area contributed by atoms with Gasteiger partial charge in [-0.2, -0.15) is 0 Å². The SMILES string of the molecule is CCCCN1C(=O)/C(=C\c2ccc(OCCC)c(OCC)c2)SC1=Nc1ccc(C)cc1. The van der Waals surface area contributed by atoms with Crippen LogP contribution in [0.25, 0.3) is 6.08 Å². The Morgan fingerprint density at radius 3 is 2.47 bits per heavy atom. The summed E-state index contributed by atoms with van der Waals surface area (Å²) in [6, 6.07) is 13.8. The van der Waals surface area contributed by atoms with Gasteiger partial charge in [0.1, 0.15) is 0 Å². The number of thioether (sulfide) groups is 1. The molecular weight excluding hydrogens is 420 g/mol. The highest BCUT2D eigenvalue weighted by Crippen LogP contribution is 2.36. The van der Waals surface area contributed by atoms with Crippen molar-refractivity contribution in [2.45, 2.75) is 47.0 Å². The van der Waals surface area contributed by atoms with Crippen LogP contribution in [0.15, 0.2) is 52.4 Å². The molecule has 2 aromatic rings. The van der Waals surface area contributed by atoms with Crippen molar-refractivity contribution in [2.75, 3.05) is 19.8 Å². The van der Waals surface area contributed by atoms with Gasteiger partial charge in [0.15, 0.2) is 16.7 Å². The van der Waals surface area contributed by atoms with Gasteiger partial charge in [0, 0.05) is 6.54 Å². The Labute approximate surface area is 195 Å². The first-order valence-corrected chi connectivity index (χ1v) is 12.1. The number of unbranched alkanes of at least 4 members (excludes halogenated alkanes) is 1. The van der Waals surface area contributed by atoms with Gasteiger partial charge in [0.2, 0.25) is 0 Å². The number of ether oxygens (including phenoxy) is 2. The minimum absolute atomic E-state index is 0.00131. The molecule has 6 heteroatoms. The van der Waals surface area contributed by atoms with Gasteiger partial charge in [-0.15, -0.1) is 0 Å². The zero-order chi connectivity index (χ0) is 22.9. The molecule has 1 fully saturated rings. The summed E-state index contributed by atoms with van der Waals surface area (Å²) in [5.41, 5.74) is 2.94. The second-order valence-electron chi connectivity index (χ2n) is 7.64. The van der Waals surface area contributed by atoms with Crippen LogP contribution in [0, 0.1) is 6.92 Å². The van der Waals surface area contributed by atoms with Crippen LogP contribution in [0.3, 0.4) is 0 Å². The third-order valence-electron chi connectivity index (χ3n) is 4.91. The van der Waals surface area contributed by atoms with E-state index in [0.29, 0.717) is 30.4 Å². The topological polar surface area (TPSA) is 51.1 Å². The molecule has 1 heterocycles. The van der Waals surface area contributed by atoms with Gasteiger partial charge in [-0.1, -0.05) is 44.0 Å². The maximum Gasteiger partial charge on any atom is 0.266 e. The summed E-state index contributed by atoms with van der Waals surface area (Å²) in [6.45, 7) is 10.0. The largest absolute Gasteiger partial charge is 0.490 e. The number of benzene rings is 2. The number of amides is 1. The summed E-state index contributed by atoms with van der Waals surface area (Å²) in [5, 5.41) is 0.728. The van der Waals surface area contributed by atoms with Crippen LogP contribution in [0.1, 0.15) is 51.2 Å². The monoisotopic (exact) mass is 452 g/mol. The van der Waals surface area contributed by atoms with Gasteiger partial charge in [0.25, 0.3) is 5.91 Å². The van der Waals surface area contributed by atoms with E-state index in [1.807, 2.05) is 62.4 Å². The minimum Gasteiger partial charge on any atom is -0.490 e. The molecule has 0 aromatic heterocycles. The van der Waals surface area contributed by atoms with Gasteiger partial charge < -0.3 is 9.47 Å². The number of nitrogens with zero attached hydrogens (tertiary/aromatic N) is 2. The molecule has 0 N–H and O–H groups in total. The molecule has 0 unspecified atom stereocenters. The molecule has 0 aliphatic carbocycles. The molecular formula is C26H32N2O3S. The van der Waals surface area contributed by atoms with Crippen LogP contribution in [-0.4, -0.2) is 35.7 Å². The molecule has 2 aromatic carbocycles. The van der Waals surface area contributed by atoms with Crippen molar-refractivity contribution in [3.63, 3.8) is 0 Å². The van der Waals surface area contributed by atoms with E-state index in [1.54, 1.807) is 4.90 Å². The normalized spacial score (nSPS) is 16.2. The number of hydrogen-bond acceptors (Lipinski definition) is 5. The number of aliphatic imine (C=N–C) groups is 1. The lowest BCUT2D eigenvalue weighted by Gasteiger charge is -2.14. The Kier molecular flexibility index (Phi) is 8.80. The van der Waals surface area contributed by atoms with E-state index in [2.05, 4.69) is 13.8 Å². The van der Waals surface area contributed by atoms with E-state index in [-0.39, 0.29) is 5.91 Å². The van der Waals surface area contributed by atoms with Crippen LogP contribution in [0.4, 0.5) is 5.69 Å². The molecule has 1 aliphatic rings. The van der Waals surface area contributed by atoms with E-state index in [0.717, 1.165) is 41.4 Å². The summed E-state index contributed by atoms with van der Waals surface area (Å²) in [4.78, 5) is 20.4. The molecule has 0 radical (unpaired) electrons. The molecule has 0 atom stereocenters. The molecule has 32 heavy (non-hydrogen) atoms. The Hall–Kier alpha value is -2.73. The van der Waals surface area contributed by atoms with Gasteiger partial charge in [0.05, 0.1) is 23.8 Å². The zero-order valence-electron chi connectivity index (χ0n) is 19.4. The van der Waals surface area contributed by atoms with E-state index >= 15 is 0 Å². The highest BCUT2D eigenvalue weighted by molar-refractivity contribution is 8.18. The van der Waals surface area contributed by atoms with Crippen molar-refractivity contribution in [2.24, 2.45) is 4.99 Å². The molecule has 1 aliphatic heterocycles. The van der Waals surface area contributed by atoms with E-state index < -0.39 is 0 Å². The standard InChI is InChI=1S/C26H32N2O3S/c1-5-8-15-28-25(29)24(32-26(28)27-21-12-9-19(4)10-13-21)18-20-11-14-22(31-16-6-2)23(17-20)30-7-3/h9-14,17-18H,5-8,15-16H2,1-4H3/b24-18+,27-26?. The number of aryl methyl sites for hydroxylation is 1. The van der Waals surface area contributed by atoms with Crippen molar-refractivity contribution in [3.05, 3.63) is 58.5 Å². The van der Waals surface area contributed by atoms with Crippen molar-refractivity contribution in [1.29, 1.82) is 0 Å². The number of hydrogen-bond donors (Lipinski definition) is 0. The fourth-order valence-electron chi connectivity index (χ4n) is 3.20. The Balaban J connectivity index is 1.90. The number of rotatable bonds is 10. The summed E-state index contributed by atoms with van der Waals surface area (Å²) in [7, 11) is 0. The van der Waals surface area contributed by atoms with Crippen LogP contribution in [0.2, 0.25) is 0 Å². The van der Waals surface area contributed by atoms with Gasteiger partial charge in [-0.05, 0) is 74.4 Å². The van der Waals surface area contributed by atoms with Gasteiger partial charge >= 0.3 is 0 Å². The molecule has 170 valence electrons. The lowest BCUT2D eigenvalue weighted by atomic mass is 10.2. The quantitative estimate of drug-likeness (QED) is 0.382. The average Bonchev–Trinajstić information content (AvgIpc) is 3.07. The van der Waals surface area contributed by atoms with Crippen molar-refractivity contribution < 1.29 is 14.3 Å². The van der Waals surface area contributed by atoms with E-state index in [9.17, 15) is 4.79 Å². The van der Waals surface area contributed by atoms with Gasteiger partial charge in [-0.25, -0.2) is 4.99 Å². The third-order valence-corrected chi connectivity index (χ3v) is 5.92. The molecule has 5 nitrogen and oxygen atoms in total. The summed E-state index contributed by atoms with van der Waals surface area (Å²) >= 11 is 1.42. The van der Waals surface area contributed by atoms with Crippen molar-refractivity contribution in [1.82, 2.24) is 4.90 Å². The highest BCUT2D eigenvalue weighted by Gasteiger charge is 2.33. The number of amidine groups is 1. The predicted octanol–water partition coefficient (Wildman–Crippen LogP) is 6.59. The van der Waals surface area contributed by atoms with Crippen LogP contribution >= 0.6 is 11.8 Å². The van der Waals surface area contributed by atoms with Crippen molar-refractivity contribution in [3.8, 4) is 11.5 Å². The van der Waals surface area contributed by atoms with Crippen LogP contribution in [0.5, 0.6) is 11.5 Å². The molecule has 1 saturated heterocycles. The number of carbonyl (C=O) groups is 1. The van der Waals surface area contributed by atoms with Crippen LogP contribution < -0.4 is 9.47 Å². The first-order valence-electron chi connectivity index (χ1n) is 11.3. The predicted molar refractivity (Wildman–Crippen MR) is 134 cm³/mol. The van der Waals surface area contributed by atoms with Crippen LogP contribution in [-0.2, 0) is 4.79 Å². The fourth-order valence-corrected chi connectivity index (χ4v) is 4.22. The highest BCUT2D eigenvalue weighted by atomic mass is 32.2. The summed E-state index contributed by atoms with van der Waals surface area (Å²) in [6.07, 6.45) is 4.79. The molecule has 0 saturated carbocycles. The lowest BCUT2D eigenvalue weighted by molar-refractivity contribution is -0.122. The van der Waals surface area contributed by atoms with E-state index in [4.69, 9.17) is 14.5 Å². The third kappa shape index (κ3) is 6.16. The number of carbonyl (C=O) groups excluding carboxylic acids is 1. The Bertz CT molecular complexity index is 983. The fraction of sp³-hybridized carbons (Fsp3) is 0.385. The molecule has 3 rings (SSSR count). The van der Waals surface area contributed by atoms with E-state index in [1.165, 1.54) is 17.3 Å². The molecule has 1 amide bonds.